The molecule has 0 aliphatic carbocycles. The molecule has 0 rings (SSSR count). The van der Waals surface area contributed by atoms with Gasteiger partial charge in [-0.05, 0) is 0 Å². The van der Waals surface area contributed by atoms with Gasteiger partial charge in [0.1, 0.15) is 0 Å². The third kappa shape index (κ3) is 38.8. The SMILES string of the molecule is CC[Si](C)(C)C.OP(O)O. The molecule has 0 fully saturated rings. The molecule has 0 aliphatic heterocycles. The molecule has 0 aromatic heterocycles. The molecule has 64 valence electrons. The molecule has 0 saturated heterocycles. The van der Waals surface area contributed by atoms with Gasteiger partial charge in [-0.15, -0.1) is 0 Å². The lowest BCUT2D eigenvalue weighted by molar-refractivity contribution is 0.368. The third-order valence-electron chi connectivity index (χ3n) is 1.06. The summed E-state index contributed by atoms with van der Waals surface area (Å²) in [6, 6.07) is 1.41. The van der Waals surface area contributed by atoms with Gasteiger partial charge in [0.15, 0.2) is 0 Å². The quantitative estimate of drug-likeness (QED) is 0.428. The van der Waals surface area contributed by atoms with Crippen LogP contribution < -0.4 is 0 Å². The maximum atomic E-state index is 7.23. The molecular formula is C5H17O3PSi. The topological polar surface area (TPSA) is 60.7 Å². The van der Waals surface area contributed by atoms with E-state index in [1.165, 1.54) is 6.04 Å². The predicted octanol–water partition coefficient (Wildman–Crippen LogP) is 1.53. The van der Waals surface area contributed by atoms with Gasteiger partial charge < -0.3 is 14.7 Å². The largest absolute Gasteiger partial charge is 0.328 e. The van der Waals surface area contributed by atoms with Gasteiger partial charge in [0.05, 0.1) is 0 Å². The minimum absolute atomic E-state index is 0.631. The third-order valence-corrected chi connectivity index (χ3v) is 3.18. The van der Waals surface area contributed by atoms with Crippen molar-refractivity contribution in [2.75, 3.05) is 0 Å². The van der Waals surface area contributed by atoms with Gasteiger partial charge in [-0.2, -0.15) is 0 Å². The Morgan fingerprint density at radius 3 is 1.20 bits per heavy atom. The number of hydrogen-bond donors (Lipinski definition) is 3. The molecule has 0 atom stereocenters. The second-order valence-electron chi connectivity index (χ2n) is 3.18. The van der Waals surface area contributed by atoms with Crippen LogP contribution in [-0.4, -0.2) is 22.8 Å². The first-order chi connectivity index (χ1) is 4.29. The second kappa shape index (κ2) is 6.25. The highest BCUT2D eigenvalue weighted by Gasteiger charge is 2.06. The standard InChI is InChI=1S/C5H14Si.H3O3P/c1-5-6(2,3)4;1-4(2)3/h5H2,1-4H3;1-3H. The van der Waals surface area contributed by atoms with Crippen molar-refractivity contribution >= 4 is 16.7 Å². The molecule has 0 aliphatic rings. The fourth-order valence-electron chi connectivity index (χ4n) is 0. The average molecular weight is 184 g/mol. The molecule has 0 amide bonds. The van der Waals surface area contributed by atoms with Crippen LogP contribution >= 0.6 is 8.60 Å². The highest BCUT2D eigenvalue weighted by molar-refractivity contribution is 7.38. The van der Waals surface area contributed by atoms with Crippen molar-refractivity contribution in [1.29, 1.82) is 0 Å². The van der Waals surface area contributed by atoms with E-state index in [2.05, 4.69) is 26.6 Å². The first-order valence-electron chi connectivity index (χ1n) is 3.16. The summed E-state index contributed by atoms with van der Waals surface area (Å²) in [6.07, 6.45) is 0. The van der Waals surface area contributed by atoms with Crippen molar-refractivity contribution in [1.82, 2.24) is 0 Å². The van der Waals surface area contributed by atoms with Crippen molar-refractivity contribution in [3.05, 3.63) is 0 Å². The van der Waals surface area contributed by atoms with Gasteiger partial charge >= 0.3 is 8.60 Å². The molecule has 0 unspecified atom stereocenters. The van der Waals surface area contributed by atoms with E-state index in [1.807, 2.05) is 0 Å². The highest BCUT2D eigenvalue weighted by Crippen LogP contribution is 2.11. The summed E-state index contributed by atoms with van der Waals surface area (Å²) < 4.78 is 0. The van der Waals surface area contributed by atoms with Crippen LogP contribution in [0.3, 0.4) is 0 Å². The van der Waals surface area contributed by atoms with Crippen LogP contribution in [-0.2, 0) is 0 Å². The van der Waals surface area contributed by atoms with E-state index in [0.29, 0.717) is 0 Å². The van der Waals surface area contributed by atoms with Crippen LogP contribution in [0.1, 0.15) is 6.92 Å². The summed E-state index contributed by atoms with van der Waals surface area (Å²) in [4.78, 5) is 21.7. The smallest absolute Gasteiger partial charge is 0.324 e. The Balaban J connectivity index is 0. The number of rotatable bonds is 1. The van der Waals surface area contributed by atoms with Gasteiger partial charge in [-0.25, -0.2) is 0 Å². The van der Waals surface area contributed by atoms with Crippen LogP contribution in [0.15, 0.2) is 0 Å². The van der Waals surface area contributed by atoms with Gasteiger partial charge in [-0.1, -0.05) is 32.6 Å². The summed E-state index contributed by atoms with van der Waals surface area (Å²) in [5, 5.41) is 0. The Kier molecular flexibility index (Phi) is 8.21. The van der Waals surface area contributed by atoms with E-state index in [1.54, 1.807) is 0 Å². The molecule has 10 heavy (non-hydrogen) atoms. The minimum atomic E-state index is -2.62. The molecule has 0 bridgehead atoms. The van der Waals surface area contributed by atoms with Crippen molar-refractivity contribution in [2.45, 2.75) is 32.6 Å². The molecular weight excluding hydrogens is 167 g/mol. The van der Waals surface area contributed by atoms with Crippen LogP contribution in [0.5, 0.6) is 0 Å². The summed E-state index contributed by atoms with van der Waals surface area (Å²) in [5.41, 5.74) is 0. The van der Waals surface area contributed by atoms with Crippen molar-refractivity contribution in [3.8, 4) is 0 Å². The zero-order chi connectivity index (χ0) is 8.78. The monoisotopic (exact) mass is 184 g/mol. The molecule has 3 N–H and O–H groups in total. The Morgan fingerprint density at radius 2 is 1.20 bits per heavy atom. The van der Waals surface area contributed by atoms with Crippen LogP contribution in [0.4, 0.5) is 0 Å². The molecule has 0 spiro atoms. The Morgan fingerprint density at radius 1 is 1.10 bits per heavy atom. The van der Waals surface area contributed by atoms with Gasteiger partial charge in [0.25, 0.3) is 0 Å². The zero-order valence-electron chi connectivity index (χ0n) is 7.00. The predicted molar refractivity (Wildman–Crippen MR) is 47.4 cm³/mol. The summed E-state index contributed by atoms with van der Waals surface area (Å²) >= 11 is 0. The Labute approximate surface area is 64.7 Å². The normalized spacial score (nSPS) is 10.8. The summed E-state index contributed by atoms with van der Waals surface area (Å²) in [7, 11) is -3.25. The fraction of sp³-hybridized carbons (Fsp3) is 1.00. The van der Waals surface area contributed by atoms with Crippen molar-refractivity contribution < 1.29 is 14.7 Å². The van der Waals surface area contributed by atoms with Crippen LogP contribution in [0, 0.1) is 0 Å². The fourth-order valence-corrected chi connectivity index (χ4v) is 0. The van der Waals surface area contributed by atoms with E-state index >= 15 is 0 Å². The van der Waals surface area contributed by atoms with E-state index in [-0.39, 0.29) is 0 Å². The van der Waals surface area contributed by atoms with Gasteiger partial charge in [-0.3, -0.25) is 0 Å². The first kappa shape index (κ1) is 13.1. The molecule has 0 saturated carbocycles. The van der Waals surface area contributed by atoms with E-state index in [9.17, 15) is 0 Å². The van der Waals surface area contributed by atoms with E-state index in [0.717, 1.165) is 0 Å². The van der Waals surface area contributed by atoms with Gasteiger partial charge in [0.2, 0.25) is 0 Å². The van der Waals surface area contributed by atoms with Crippen molar-refractivity contribution in [3.63, 3.8) is 0 Å². The molecule has 0 heterocycles. The summed E-state index contributed by atoms with van der Waals surface area (Å²) in [6.45, 7) is 9.42. The van der Waals surface area contributed by atoms with Crippen LogP contribution in [0.2, 0.25) is 25.7 Å². The molecule has 0 radical (unpaired) electrons. The maximum Gasteiger partial charge on any atom is 0.324 e. The molecule has 3 nitrogen and oxygen atoms in total. The lowest BCUT2D eigenvalue weighted by atomic mass is 11.0. The maximum absolute atomic E-state index is 7.23. The molecule has 0 aromatic rings. The lowest BCUT2D eigenvalue weighted by Crippen LogP contribution is -2.16. The summed E-state index contributed by atoms with van der Waals surface area (Å²) in [5.74, 6) is 0. The molecule has 5 heteroatoms. The zero-order valence-corrected chi connectivity index (χ0v) is 8.89. The Hall–Kier alpha value is 0.527. The van der Waals surface area contributed by atoms with E-state index in [4.69, 9.17) is 14.7 Å². The Bertz CT molecular complexity index is 69.0. The highest BCUT2D eigenvalue weighted by atomic mass is 31.2. The minimum Gasteiger partial charge on any atom is -0.328 e. The number of hydrogen-bond acceptors (Lipinski definition) is 3. The second-order valence-corrected chi connectivity index (χ2v) is 9.55. The average Bonchev–Trinajstić information content (AvgIpc) is 1.63. The van der Waals surface area contributed by atoms with Crippen LogP contribution in [0.25, 0.3) is 0 Å². The first-order valence-corrected chi connectivity index (χ1v) is 8.07. The lowest BCUT2D eigenvalue weighted by Gasteiger charge is -2.09. The van der Waals surface area contributed by atoms with Gasteiger partial charge in [0, 0.05) is 8.07 Å². The van der Waals surface area contributed by atoms with E-state index < -0.39 is 16.7 Å². The van der Waals surface area contributed by atoms with Crippen molar-refractivity contribution in [2.24, 2.45) is 0 Å². The molecule has 0 aromatic carbocycles.